The van der Waals surface area contributed by atoms with E-state index < -0.39 is 20.3 Å². The molecule has 4 nitrogen and oxygen atoms in total. The first-order chi connectivity index (χ1) is 7.70. The Labute approximate surface area is 118 Å². The van der Waals surface area contributed by atoms with Gasteiger partial charge < -0.3 is 0 Å². The molecule has 2 unspecified atom stereocenters. The summed E-state index contributed by atoms with van der Waals surface area (Å²) >= 11 is 19.2. The van der Waals surface area contributed by atoms with Crippen LogP contribution < -0.4 is 0 Å². The van der Waals surface area contributed by atoms with Crippen molar-refractivity contribution in [3.63, 3.8) is 0 Å². The first-order valence-corrected chi connectivity index (χ1v) is 7.67. The van der Waals surface area contributed by atoms with Crippen molar-refractivity contribution in [2.45, 2.75) is 5.44 Å². The van der Waals surface area contributed by atoms with Crippen LogP contribution in [-0.4, -0.2) is 20.0 Å². The lowest BCUT2D eigenvalue weighted by Crippen LogP contribution is -2.21. The standard InChI is InChI=1S/C8H6Cl2O4S3/c9-5-2-1-4(3-6(5)10)7(11)8(15)14-17(12,13)16/h1-3,8,15H,(H,12,13,16). The normalized spacial score (nSPS) is 16.2. The zero-order valence-corrected chi connectivity index (χ0v) is 12.0. The molecule has 0 heterocycles. The molecule has 0 saturated heterocycles. The fraction of sp³-hybridized carbons (Fsp3) is 0.125. The first-order valence-electron chi connectivity index (χ1n) is 4.04. The highest BCUT2D eigenvalue weighted by atomic mass is 35.5. The fourth-order valence-corrected chi connectivity index (χ4v) is 2.48. The molecule has 1 aromatic carbocycles. The average Bonchev–Trinajstić information content (AvgIpc) is 2.18. The summed E-state index contributed by atoms with van der Waals surface area (Å²) in [5.41, 5.74) is -1.29. The summed E-state index contributed by atoms with van der Waals surface area (Å²) in [5, 5.41) is 0.468. The Hall–Kier alpha value is 0.110. The van der Waals surface area contributed by atoms with E-state index in [4.69, 9.17) is 27.8 Å². The maximum Gasteiger partial charge on any atom is 0.268 e. The Kier molecular flexibility index (Phi) is 5.21. The topological polar surface area (TPSA) is 63.6 Å². The lowest BCUT2D eigenvalue weighted by molar-refractivity contribution is 0.0895. The van der Waals surface area contributed by atoms with E-state index in [-0.39, 0.29) is 15.6 Å². The number of benzene rings is 1. The number of ketones is 1. The van der Waals surface area contributed by atoms with Crippen molar-refractivity contribution < 1.29 is 17.7 Å². The molecular weight excluding hydrogens is 327 g/mol. The van der Waals surface area contributed by atoms with Crippen molar-refractivity contribution in [2.24, 2.45) is 0 Å². The molecule has 0 radical (unpaired) electrons. The van der Waals surface area contributed by atoms with Gasteiger partial charge in [-0.25, -0.2) is 4.18 Å². The second-order valence-corrected chi connectivity index (χ2v) is 6.46. The largest absolute Gasteiger partial charge is 0.290 e. The van der Waals surface area contributed by atoms with Gasteiger partial charge in [0.25, 0.3) is 9.05 Å². The van der Waals surface area contributed by atoms with Gasteiger partial charge in [-0.3, -0.25) is 9.35 Å². The van der Waals surface area contributed by atoms with Gasteiger partial charge in [0.2, 0.25) is 5.78 Å². The van der Waals surface area contributed by atoms with Gasteiger partial charge in [-0.15, -0.1) is 12.6 Å². The lowest BCUT2D eigenvalue weighted by atomic mass is 10.1. The predicted molar refractivity (Wildman–Crippen MR) is 72.8 cm³/mol. The van der Waals surface area contributed by atoms with Crippen molar-refractivity contribution in [2.75, 3.05) is 0 Å². The number of hydrogen-bond acceptors (Lipinski definition) is 5. The van der Waals surface area contributed by atoms with Gasteiger partial charge in [-0.1, -0.05) is 23.2 Å². The van der Waals surface area contributed by atoms with Crippen LogP contribution in [-0.2, 0) is 24.4 Å². The quantitative estimate of drug-likeness (QED) is 0.504. The van der Waals surface area contributed by atoms with Crippen LogP contribution in [0.4, 0.5) is 0 Å². The molecule has 0 bridgehead atoms. The maximum absolute atomic E-state index is 11.7. The van der Waals surface area contributed by atoms with Crippen LogP contribution in [0.1, 0.15) is 10.4 Å². The molecule has 0 aliphatic carbocycles. The summed E-state index contributed by atoms with van der Waals surface area (Å²) in [6.07, 6.45) is 0. The molecule has 0 aliphatic rings. The van der Waals surface area contributed by atoms with Crippen LogP contribution in [0.3, 0.4) is 0 Å². The third-order valence-electron chi connectivity index (χ3n) is 1.64. The fourth-order valence-electron chi connectivity index (χ4n) is 0.951. The summed E-state index contributed by atoms with van der Waals surface area (Å²) in [7, 11) is -3.92. The third kappa shape index (κ3) is 4.70. The van der Waals surface area contributed by atoms with E-state index in [9.17, 15) is 9.00 Å². The molecule has 0 spiro atoms. The summed E-state index contributed by atoms with van der Waals surface area (Å²) in [5.74, 6) is -0.640. The van der Waals surface area contributed by atoms with Crippen LogP contribution in [0.15, 0.2) is 18.2 Å². The van der Waals surface area contributed by atoms with Crippen LogP contribution in [0.5, 0.6) is 0 Å². The minimum absolute atomic E-state index is 0.151. The molecule has 0 amide bonds. The number of carbonyl (C=O) groups is 1. The SMILES string of the molecule is O=C(c1ccc(Cl)c(Cl)c1)C(S)OS(=O)(O)=S. The molecule has 94 valence electrons. The van der Waals surface area contributed by atoms with Crippen molar-refractivity contribution in [3.8, 4) is 0 Å². The Morgan fingerprint density at radius 1 is 1.47 bits per heavy atom. The van der Waals surface area contributed by atoms with Crippen molar-refractivity contribution >= 4 is 61.9 Å². The average molecular weight is 333 g/mol. The number of halogens is 2. The molecule has 17 heavy (non-hydrogen) atoms. The highest BCUT2D eigenvalue weighted by Crippen LogP contribution is 2.24. The van der Waals surface area contributed by atoms with E-state index >= 15 is 0 Å². The number of Topliss-reactive ketones (excluding diaryl/α,β-unsaturated/α-hetero) is 1. The molecule has 1 aromatic rings. The Balaban J connectivity index is 2.93. The van der Waals surface area contributed by atoms with Gasteiger partial charge in [0, 0.05) is 16.8 Å². The van der Waals surface area contributed by atoms with E-state index in [1.165, 1.54) is 18.2 Å². The molecule has 0 fully saturated rings. The van der Waals surface area contributed by atoms with Gasteiger partial charge in [-0.05, 0) is 18.2 Å². The van der Waals surface area contributed by atoms with Gasteiger partial charge >= 0.3 is 0 Å². The van der Waals surface area contributed by atoms with Crippen molar-refractivity contribution in [1.29, 1.82) is 0 Å². The number of rotatable bonds is 4. The molecule has 9 heteroatoms. The van der Waals surface area contributed by atoms with E-state index in [0.717, 1.165) is 0 Å². The van der Waals surface area contributed by atoms with E-state index in [1.807, 2.05) is 0 Å². The molecule has 0 aromatic heterocycles. The number of carbonyl (C=O) groups excluding carboxylic acids is 1. The zero-order chi connectivity index (χ0) is 13.2. The summed E-state index contributed by atoms with van der Waals surface area (Å²) in [6, 6.07) is 4.12. The highest BCUT2D eigenvalue weighted by molar-refractivity contribution is 8.27. The second kappa shape index (κ2) is 5.83. The summed E-state index contributed by atoms with van der Waals surface area (Å²) < 4.78 is 23.9. The third-order valence-corrected chi connectivity index (χ3v) is 3.53. The molecular formula is C8H6Cl2O4S3. The van der Waals surface area contributed by atoms with E-state index in [1.54, 1.807) is 0 Å². The lowest BCUT2D eigenvalue weighted by Gasteiger charge is -2.10. The van der Waals surface area contributed by atoms with Crippen LogP contribution in [0.25, 0.3) is 0 Å². The minimum Gasteiger partial charge on any atom is -0.290 e. The minimum atomic E-state index is -3.92. The molecule has 1 rings (SSSR count). The first kappa shape index (κ1) is 15.2. The van der Waals surface area contributed by atoms with Crippen molar-refractivity contribution in [3.05, 3.63) is 33.8 Å². The van der Waals surface area contributed by atoms with Crippen LogP contribution in [0.2, 0.25) is 10.0 Å². The van der Waals surface area contributed by atoms with Crippen LogP contribution >= 0.6 is 35.8 Å². The van der Waals surface area contributed by atoms with E-state index in [2.05, 4.69) is 28.0 Å². The number of hydrogen-bond donors (Lipinski definition) is 2. The second-order valence-electron chi connectivity index (χ2n) is 2.87. The van der Waals surface area contributed by atoms with Gasteiger partial charge in [-0.2, -0.15) is 4.21 Å². The van der Waals surface area contributed by atoms with Gasteiger partial charge in [0.1, 0.15) is 0 Å². The molecule has 1 N–H and O–H groups in total. The summed E-state index contributed by atoms with van der Waals surface area (Å²) in [6.45, 7) is 0. The Morgan fingerprint density at radius 2 is 2.06 bits per heavy atom. The predicted octanol–water partition coefficient (Wildman–Crippen LogP) is 2.58. The van der Waals surface area contributed by atoms with Gasteiger partial charge in [0.15, 0.2) is 5.44 Å². The highest BCUT2D eigenvalue weighted by Gasteiger charge is 2.21. The van der Waals surface area contributed by atoms with E-state index in [0.29, 0.717) is 0 Å². The monoisotopic (exact) mass is 332 g/mol. The Bertz CT molecular complexity index is 544. The Morgan fingerprint density at radius 3 is 2.53 bits per heavy atom. The van der Waals surface area contributed by atoms with Gasteiger partial charge in [0.05, 0.1) is 10.0 Å². The summed E-state index contributed by atoms with van der Waals surface area (Å²) in [4.78, 5) is 11.7. The number of thiol groups is 1. The maximum atomic E-state index is 11.7. The smallest absolute Gasteiger partial charge is 0.268 e. The van der Waals surface area contributed by atoms with Crippen LogP contribution in [0, 0.1) is 0 Å². The molecule has 2 atom stereocenters. The molecule has 0 aliphatic heterocycles. The zero-order valence-electron chi connectivity index (χ0n) is 8.00. The van der Waals surface area contributed by atoms with Crippen molar-refractivity contribution in [1.82, 2.24) is 0 Å². The molecule has 0 saturated carbocycles.